The third-order valence-electron chi connectivity index (χ3n) is 3.40. The minimum atomic E-state index is -1.09. The van der Waals surface area contributed by atoms with Crippen molar-refractivity contribution < 1.29 is 13.5 Å². The molecule has 1 aliphatic rings. The summed E-state index contributed by atoms with van der Waals surface area (Å²) in [7, 11) is 0. The van der Waals surface area contributed by atoms with Gasteiger partial charge in [0.1, 0.15) is 19.0 Å². The predicted molar refractivity (Wildman–Crippen MR) is 74.0 cm³/mol. The fraction of sp³-hybridized carbons (Fsp3) is 0.571. The number of alkyl halides is 2. The second-order valence-electron chi connectivity index (χ2n) is 4.82. The highest BCUT2D eigenvalue weighted by atomic mass is 35.5. The molecule has 0 radical (unpaired) electrons. The molecule has 0 saturated heterocycles. The van der Waals surface area contributed by atoms with Crippen molar-refractivity contribution in [2.24, 2.45) is 5.73 Å². The SMILES string of the molecule is Cl.NC1CCC(OC(CF)c2ccccc2)C(F)C1. The van der Waals surface area contributed by atoms with Crippen molar-refractivity contribution in [1.29, 1.82) is 0 Å². The first kappa shape index (κ1) is 16.3. The van der Waals surface area contributed by atoms with Gasteiger partial charge in [0.25, 0.3) is 0 Å². The maximum Gasteiger partial charge on any atom is 0.128 e. The van der Waals surface area contributed by atoms with Crippen molar-refractivity contribution in [3.63, 3.8) is 0 Å². The second kappa shape index (κ2) is 7.78. The average molecular weight is 292 g/mol. The molecule has 1 fully saturated rings. The Bertz CT molecular complexity index is 366. The monoisotopic (exact) mass is 291 g/mol. The van der Waals surface area contributed by atoms with Crippen molar-refractivity contribution in [1.82, 2.24) is 0 Å². The van der Waals surface area contributed by atoms with E-state index in [2.05, 4.69) is 0 Å². The summed E-state index contributed by atoms with van der Waals surface area (Å²) >= 11 is 0. The average Bonchev–Trinajstić information content (AvgIpc) is 2.39. The van der Waals surface area contributed by atoms with Crippen LogP contribution in [-0.2, 0) is 4.74 Å². The molecule has 0 aliphatic heterocycles. The van der Waals surface area contributed by atoms with E-state index in [0.29, 0.717) is 12.8 Å². The molecule has 108 valence electrons. The van der Waals surface area contributed by atoms with E-state index in [1.807, 2.05) is 18.2 Å². The van der Waals surface area contributed by atoms with Gasteiger partial charge < -0.3 is 10.5 Å². The van der Waals surface area contributed by atoms with Gasteiger partial charge in [-0.05, 0) is 24.8 Å². The Hall–Kier alpha value is -0.710. The fourth-order valence-electron chi connectivity index (χ4n) is 2.35. The highest BCUT2D eigenvalue weighted by Gasteiger charge is 2.31. The molecule has 4 unspecified atom stereocenters. The molecule has 19 heavy (non-hydrogen) atoms. The van der Waals surface area contributed by atoms with E-state index in [1.54, 1.807) is 12.1 Å². The first-order chi connectivity index (χ1) is 8.70. The van der Waals surface area contributed by atoms with Crippen LogP contribution in [-0.4, -0.2) is 25.0 Å². The number of hydrogen-bond acceptors (Lipinski definition) is 2. The summed E-state index contributed by atoms with van der Waals surface area (Å²) < 4.78 is 32.4. The predicted octanol–water partition coefficient (Wildman–Crippen LogP) is 3.35. The summed E-state index contributed by atoms with van der Waals surface area (Å²) in [4.78, 5) is 0. The lowest BCUT2D eigenvalue weighted by atomic mass is 9.92. The topological polar surface area (TPSA) is 35.2 Å². The van der Waals surface area contributed by atoms with Crippen LogP contribution in [0.2, 0.25) is 0 Å². The lowest BCUT2D eigenvalue weighted by Gasteiger charge is -2.32. The zero-order chi connectivity index (χ0) is 13.0. The Balaban J connectivity index is 0.00000180. The molecule has 0 spiro atoms. The van der Waals surface area contributed by atoms with Crippen molar-refractivity contribution in [3.8, 4) is 0 Å². The molecule has 1 aromatic rings. The van der Waals surface area contributed by atoms with Gasteiger partial charge in [-0.15, -0.1) is 12.4 Å². The number of halogens is 3. The van der Waals surface area contributed by atoms with Crippen molar-refractivity contribution in [2.75, 3.05) is 6.67 Å². The first-order valence-corrected chi connectivity index (χ1v) is 6.36. The Morgan fingerprint density at radius 1 is 1.26 bits per heavy atom. The summed E-state index contributed by atoms with van der Waals surface area (Å²) in [5.41, 5.74) is 6.44. The van der Waals surface area contributed by atoms with Gasteiger partial charge in [-0.3, -0.25) is 0 Å². The van der Waals surface area contributed by atoms with E-state index in [4.69, 9.17) is 10.5 Å². The molecule has 2 nitrogen and oxygen atoms in total. The second-order valence-corrected chi connectivity index (χ2v) is 4.82. The Labute approximate surface area is 118 Å². The van der Waals surface area contributed by atoms with E-state index in [9.17, 15) is 8.78 Å². The van der Waals surface area contributed by atoms with Crippen molar-refractivity contribution in [3.05, 3.63) is 35.9 Å². The van der Waals surface area contributed by atoms with Gasteiger partial charge in [-0.25, -0.2) is 8.78 Å². The molecular weight excluding hydrogens is 272 g/mol. The number of nitrogens with two attached hydrogens (primary N) is 1. The molecular formula is C14H20ClF2NO. The Morgan fingerprint density at radius 2 is 1.95 bits per heavy atom. The van der Waals surface area contributed by atoms with Crippen LogP contribution in [0, 0.1) is 0 Å². The minimum absolute atomic E-state index is 0. The number of hydrogen-bond donors (Lipinski definition) is 1. The molecule has 2 rings (SSSR count). The molecule has 2 N–H and O–H groups in total. The minimum Gasteiger partial charge on any atom is -0.365 e. The maximum absolute atomic E-state index is 13.8. The lowest BCUT2D eigenvalue weighted by molar-refractivity contribution is -0.0797. The highest BCUT2D eigenvalue weighted by molar-refractivity contribution is 5.85. The molecule has 0 heterocycles. The van der Waals surface area contributed by atoms with Crippen LogP contribution in [0.15, 0.2) is 30.3 Å². The van der Waals surface area contributed by atoms with E-state index >= 15 is 0 Å². The molecule has 0 bridgehead atoms. The van der Waals surface area contributed by atoms with Crippen LogP contribution in [0.1, 0.15) is 30.9 Å². The normalized spacial score (nSPS) is 28.5. The summed E-state index contributed by atoms with van der Waals surface area (Å²) in [6.07, 6.45) is -0.704. The first-order valence-electron chi connectivity index (χ1n) is 6.36. The van der Waals surface area contributed by atoms with Crippen LogP contribution in [0.25, 0.3) is 0 Å². The number of benzene rings is 1. The van der Waals surface area contributed by atoms with E-state index in [1.165, 1.54) is 0 Å². The molecule has 1 aromatic carbocycles. The standard InChI is InChI=1S/C14H19F2NO.ClH/c15-9-14(10-4-2-1-3-5-10)18-13-7-6-11(17)8-12(13)16;/h1-5,11-14H,6-9,17H2;1H. The van der Waals surface area contributed by atoms with Crippen LogP contribution >= 0.6 is 12.4 Å². The zero-order valence-electron chi connectivity index (χ0n) is 10.7. The third-order valence-corrected chi connectivity index (χ3v) is 3.40. The lowest BCUT2D eigenvalue weighted by Crippen LogP contribution is -2.39. The van der Waals surface area contributed by atoms with Crippen LogP contribution < -0.4 is 5.73 Å². The van der Waals surface area contributed by atoms with Gasteiger partial charge in [0.15, 0.2) is 0 Å². The quantitative estimate of drug-likeness (QED) is 0.923. The number of rotatable bonds is 4. The van der Waals surface area contributed by atoms with Crippen molar-refractivity contribution >= 4 is 12.4 Å². The van der Waals surface area contributed by atoms with Crippen LogP contribution in [0.4, 0.5) is 8.78 Å². The summed E-state index contributed by atoms with van der Waals surface area (Å²) in [6, 6.07) is 9.00. The van der Waals surface area contributed by atoms with Gasteiger partial charge in [0.2, 0.25) is 0 Å². The van der Waals surface area contributed by atoms with Crippen LogP contribution in [0.3, 0.4) is 0 Å². The Morgan fingerprint density at radius 3 is 2.53 bits per heavy atom. The van der Waals surface area contributed by atoms with Crippen LogP contribution in [0.5, 0.6) is 0 Å². The van der Waals surface area contributed by atoms with Crippen molar-refractivity contribution in [2.45, 2.75) is 43.7 Å². The van der Waals surface area contributed by atoms with Gasteiger partial charge in [0, 0.05) is 6.04 Å². The Kier molecular flexibility index (Phi) is 6.69. The molecule has 1 aliphatic carbocycles. The van der Waals surface area contributed by atoms with Gasteiger partial charge in [-0.2, -0.15) is 0 Å². The molecule has 0 amide bonds. The number of ether oxygens (including phenoxy) is 1. The zero-order valence-corrected chi connectivity index (χ0v) is 11.5. The smallest absolute Gasteiger partial charge is 0.128 e. The molecule has 5 heteroatoms. The fourth-order valence-corrected chi connectivity index (χ4v) is 2.35. The molecule has 4 atom stereocenters. The maximum atomic E-state index is 13.8. The summed E-state index contributed by atoms with van der Waals surface area (Å²) in [5, 5.41) is 0. The summed E-state index contributed by atoms with van der Waals surface area (Å²) in [5.74, 6) is 0. The largest absolute Gasteiger partial charge is 0.365 e. The van der Waals surface area contributed by atoms with E-state index in [0.717, 1.165) is 12.0 Å². The highest BCUT2D eigenvalue weighted by Crippen LogP contribution is 2.29. The molecule has 1 saturated carbocycles. The summed E-state index contributed by atoms with van der Waals surface area (Å²) in [6.45, 7) is -0.640. The van der Waals surface area contributed by atoms with E-state index in [-0.39, 0.29) is 18.4 Å². The van der Waals surface area contributed by atoms with Gasteiger partial charge >= 0.3 is 0 Å². The van der Waals surface area contributed by atoms with Gasteiger partial charge in [-0.1, -0.05) is 30.3 Å². The van der Waals surface area contributed by atoms with Gasteiger partial charge in [0.05, 0.1) is 6.10 Å². The van der Waals surface area contributed by atoms with E-state index < -0.39 is 25.1 Å². The third kappa shape index (κ3) is 4.41. The molecule has 0 aromatic heterocycles.